The molecule has 0 fully saturated rings. The van der Waals surface area contributed by atoms with Gasteiger partial charge in [0.25, 0.3) is 11.6 Å². The third-order valence-corrected chi connectivity index (χ3v) is 5.42. The Morgan fingerprint density at radius 1 is 1.20 bits per heavy atom. The fourth-order valence-corrected chi connectivity index (χ4v) is 3.04. The normalized spacial score (nSPS) is 11.4. The van der Waals surface area contributed by atoms with E-state index in [1.54, 1.807) is 0 Å². The predicted octanol–water partition coefficient (Wildman–Crippen LogP) is 2.75. The Labute approximate surface area is 149 Å². The lowest BCUT2D eigenvalue weighted by molar-refractivity contribution is -0.384. The van der Waals surface area contributed by atoms with E-state index in [1.807, 2.05) is 0 Å². The van der Waals surface area contributed by atoms with Crippen LogP contribution in [0.5, 0.6) is 0 Å². The number of benzene rings is 2. The van der Waals surface area contributed by atoms with Crippen LogP contribution >= 0.6 is 11.6 Å². The van der Waals surface area contributed by atoms with Gasteiger partial charge in [0.2, 0.25) is 10.0 Å². The SMILES string of the molecule is CN(C)S(=O)(=O)c1cccc(C(=O)Nc2cc([N+](=O)[O-])ccc2Cl)c1. The molecular formula is C15H14ClN3O5S. The Morgan fingerprint density at radius 3 is 2.48 bits per heavy atom. The molecule has 2 aromatic carbocycles. The molecule has 0 radical (unpaired) electrons. The Morgan fingerprint density at radius 2 is 1.88 bits per heavy atom. The summed E-state index contributed by atoms with van der Waals surface area (Å²) in [5, 5.41) is 13.4. The first-order chi connectivity index (χ1) is 11.6. The van der Waals surface area contributed by atoms with Crippen molar-refractivity contribution >= 4 is 38.9 Å². The molecule has 0 atom stereocenters. The van der Waals surface area contributed by atoms with Crippen LogP contribution in [0.1, 0.15) is 10.4 Å². The second-order valence-electron chi connectivity index (χ2n) is 5.19. The van der Waals surface area contributed by atoms with E-state index in [0.29, 0.717) is 0 Å². The van der Waals surface area contributed by atoms with E-state index in [4.69, 9.17) is 11.6 Å². The highest BCUT2D eigenvalue weighted by Gasteiger charge is 2.19. The standard InChI is InChI=1S/C15H14ClN3O5S/c1-18(2)25(23,24)12-5-3-4-10(8-12)15(20)17-14-9-11(19(21)22)6-7-13(14)16/h3-9H,1-2H3,(H,17,20). The number of hydrogen-bond donors (Lipinski definition) is 1. The summed E-state index contributed by atoms with van der Waals surface area (Å²) in [6, 6.07) is 9.07. The summed E-state index contributed by atoms with van der Waals surface area (Å²) < 4.78 is 25.3. The van der Waals surface area contributed by atoms with E-state index in [-0.39, 0.29) is 26.9 Å². The lowest BCUT2D eigenvalue weighted by Crippen LogP contribution is -2.22. The minimum atomic E-state index is -3.69. The number of non-ortho nitro benzene ring substituents is 1. The summed E-state index contributed by atoms with van der Waals surface area (Å²) in [7, 11) is -0.934. The van der Waals surface area contributed by atoms with Crippen molar-refractivity contribution in [3.05, 3.63) is 63.2 Å². The quantitative estimate of drug-likeness (QED) is 0.630. The lowest BCUT2D eigenvalue weighted by atomic mass is 10.2. The molecular weight excluding hydrogens is 370 g/mol. The number of nitrogens with one attached hydrogen (secondary N) is 1. The highest BCUT2D eigenvalue weighted by molar-refractivity contribution is 7.89. The van der Waals surface area contributed by atoms with Gasteiger partial charge in [-0.05, 0) is 24.3 Å². The van der Waals surface area contributed by atoms with E-state index in [9.17, 15) is 23.3 Å². The fraction of sp³-hybridized carbons (Fsp3) is 0.133. The molecule has 1 amide bonds. The summed E-state index contributed by atoms with van der Waals surface area (Å²) >= 11 is 5.94. The highest BCUT2D eigenvalue weighted by Crippen LogP contribution is 2.27. The van der Waals surface area contributed by atoms with Gasteiger partial charge < -0.3 is 5.32 Å². The van der Waals surface area contributed by atoms with Gasteiger partial charge in [-0.15, -0.1) is 0 Å². The summed E-state index contributed by atoms with van der Waals surface area (Å²) in [6.07, 6.45) is 0. The van der Waals surface area contributed by atoms with Crippen LogP contribution in [-0.4, -0.2) is 37.6 Å². The van der Waals surface area contributed by atoms with Crippen LogP contribution in [0, 0.1) is 10.1 Å². The molecule has 0 saturated heterocycles. The van der Waals surface area contributed by atoms with Gasteiger partial charge in [0.15, 0.2) is 0 Å². The zero-order chi connectivity index (χ0) is 18.8. The number of halogens is 1. The average molecular weight is 384 g/mol. The fourth-order valence-electron chi connectivity index (χ4n) is 1.93. The number of nitrogens with zero attached hydrogens (tertiary/aromatic N) is 2. The molecule has 8 nitrogen and oxygen atoms in total. The first-order valence-electron chi connectivity index (χ1n) is 6.91. The Hall–Kier alpha value is -2.49. The zero-order valence-corrected chi connectivity index (χ0v) is 14.8. The second-order valence-corrected chi connectivity index (χ2v) is 7.75. The monoisotopic (exact) mass is 383 g/mol. The molecule has 132 valence electrons. The Balaban J connectivity index is 2.34. The molecule has 0 aromatic heterocycles. The van der Waals surface area contributed by atoms with E-state index >= 15 is 0 Å². The van der Waals surface area contributed by atoms with Crippen molar-refractivity contribution in [1.82, 2.24) is 4.31 Å². The van der Waals surface area contributed by atoms with Crippen LogP contribution in [0.2, 0.25) is 5.02 Å². The van der Waals surface area contributed by atoms with Crippen LogP contribution in [-0.2, 0) is 10.0 Å². The maximum absolute atomic E-state index is 12.3. The van der Waals surface area contributed by atoms with Crippen LogP contribution in [0.15, 0.2) is 47.4 Å². The smallest absolute Gasteiger partial charge is 0.271 e. The highest BCUT2D eigenvalue weighted by atomic mass is 35.5. The van der Waals surface area contributed by atoms with Gasteiger partial charge in [0, 0.05) is 31.8 Å². The maximum atomic E-state index is 12.3. The van der Waals surface area contributed by atoms with Crippen molar-refractivity contribution in [2.24, 2.45) is 0 Å². The molecule has 0 spiro atoms. The molecule has 25 heavy (non-hydrogen) atoms. The van der Waals surface area contributed by atoms with Crippen LogP contribution in [0.3, 0.4) is 0 Å². The minimum Gasteiger partial charge on any atom is -0.320 e. The van der Waals surface area contributed by atoms with E-state index in [0.717, 1.165) is 10.4 Å². The number of anilines is 1. The summed E-state index contributed by atoms with van der Waals surface area (Å²) in [5.41, 5.74) is -0.101. The molecule has 0 aliphatic carbocycles. The van der Waals surface area contributed by atoms with E-state index in [1.165, 1.54) is 50.5 Å². The van der Waals surface area contributed by atoms with Gasteiger partial charge in [-0.3, -0.25) is 14.9 Å². The Kier molecular flexibility index (Phi) is 5.41. The topological polar surface area (TPSA) is 110 Å². The molecule has 0 aliphatic rings. The molecule has 10 heteroatoms. The molecule has 1 N–H and O–H groups in total. The van der Waals surface area contributed by atoms with Crippen LogP contribution < -0.4 is 5.32 Å². The van der Waals surface area contributed by atoms with Gasteiger partial charge in [0.1, 0.15) is 0 Å². The number of hydrogen-bond acceptors (Lipinski definition) is 5. The van der Waals surface area contributed by atoms with Gasteiger partial charge in [-0.2, -0.15) is 0 Å². The molecule has 0 saturated carbocycles. The Bertz CT molecular complexity index is 944. The van der Waals surface area contributed by atoms with Gasteiger partial charge in [-0.1, -0.05) is 17.7 Å². The van der Waals surface area contributed by atoms with E-state index in [2.05, 4.69) is 5.32 Å². The summed E-state index contributed by atoms with van der Waals surface area (Å²) in [4.78, 5) is 22.5. The molecule has 0 unspecified atom stereocenters. The molecule has 2 aromatic rings. The van der Waals surface area contributed by atoms with Gasteiger partial charge in [0.05, 0.1) is 20.5 Å². The lowest BCUT2D eigenvalue weighted by Gasteiger charge is -2.12. The van der Waals surface area contributed by atoms with Crippen molar-refractivity contribution in [1.29, 1.82) is 0 Å². The number of rotatable bonds is 5. The number of carbonyl (C=O) groups excluding carboxylic acids is 1. The van der Waals surface area contributed by atoms with E-state index < -0.39 is 20.9 Å². The summed E-state index contributed by atoms with van der Waals surface area (Å²) in [5.74, 6) is -0.641. The molecule has 0 bridgehead atoms. The third kappa shape index (κ3) is 4.13. The van der Waals surface area contributed by atoms with Crippen LogP contribution in [0.4, 0.5) is 11.4 Å². The molecule has 0 aliphatic heterocycles. The van der Waals surface area contributed by atoms with Crippen molar-refractivity contribution in [3.8, 4) is 0 Å². The van der Waals surface area contributed by atoms with Crippen molar-refractivity contribution in [2.45, 2.75) is 4.90 Å². The van der Waals surface area contributed by atoms with Crippen molar-refractivity contribution in [2.75, 3.05) is 19.4 Å². The van der Waals surface area contributed by atoms with Crippen molar-refractivity contribution in [3.63, 3.8) is 0 Å². The van der Waals surface area contributed by atoms with Crippen molar-refractivity contribution < 1.29 is 18.1 Å². The number of nitro benzene ring substituents is 1. The first kappa shape index (κ1) is 18.8. The summed E-state index contributed by atoms with van der Waals surface area (Å²) in [6.45, 7) is 0. The number of sulfonamides is 1. The zero-order valence-electron chi connectivity index (χ0n) is 13.3. The van der Waals surface area contributed by atoms with Crippen LogP contribution in [0.25, 0.3) is 0 Å². The minimum absolute atomic E-state index is 0.0460. The number of amides is 1. The van der Waals surface area contributed by atoms with Gasteiger partial charge >= 0.3 is 0 Å². The predicted molar refractivity (Wildman–Crippen MR) is 93.4 cm³/mol. The first-order valence-corrected chi connectivity index (χ1v) is 8.72. The number of nitro groups is 1. The van der Waals surface area contributed by atoms with Gasteiger partial charge in [-0.25, -0.2) is 12.7 Å². The third-order valence-electron chi connectivity index (χ3n) is 3.28. The number of carbonyl (C=O) groups is 1. The molecule has 0 heterocycles. The maximum Gasteiger partial charge on any atom is 0.271 e. The average Bonchev–Trinajstić information content (AvgIpc) is 2.56. The largest absolute Gasteiger partial charge is 0.320 e. The second kappa shape index (κ2) is 7.18. The molecule has 2 rings (SSSR count).